The summed E-state index contributed by atoms with van der Waals surface area (Å²) >= 11 is 11.5. The van der Waals surface area contributed by atoms with Crippen LogP contribution in [0.15, 0.2) is 12.1 Å². The van der Waals surface area contributed by atoms with Gasteiger partial charge in [0.2, 0.25) is 0 Å². The first-order valence-electron chi connectivity index (χ1n) is 4.80. The van der Waals surface area contributed by atoms with Crippen molar-refractivity contribution in [2.45, 2.75) is 25.3 Å². The Balaban J connectivity index is 2.10. The Morgan fingerprint density at radius 2 is 2.13 bits per heavy atom. The van der Waals surface area contributed by atoms with E-state index in [1.54, 1.807) is 12.1 Å². The van der Waals surface area contributed by atoms with E-state index in [1.165, 1.54) is 6.42 Å². The number of nitrogens with zero attached hydrogens (tertiary/aromatic N) is 1. The molecule has 0 spiro atoms. The topological polar surface area (TPSA) is 42.0 Å². The van der Waals surface area contributed by atoms with Crippen LogP contribution in [-0.4, -0.2) is 16.9 Å². The zero-order chi connectivity index (χ0) is 10.8. The molecular weight excluding hydrogens is 235 g/mol. The summed E-state index contributed by atoms with van der Waals surface area (Å²) in [6.07, 6.45) is 3.27. The van der Waals surface area contributed by atoms with Gasteiger partial charge in [-0.25, -0.2) is 4.98 Å². The van der Waals surface area contributed by atoms with Gasteiger partial charge in [-0.2, -0.15) is 0 Å². The van der Waals surface area contributed by atoms with Crippen LogP contribution in [-0.2, 0) is 0 Å². The van der Waals surface area contributed by atoms with Gasteiger partial charge in [0.25, 0.3) is 5.91 Å². The standard InChI is InChI=1S/C10H10Cl2N2O/c11-8-5-4-7(9(12)14-8)10(15)13-6-2-1-3-6/h4-6H,1-3H2,(H,13,15). The summed E-state index contributed by atoms with van der Waals surface area (Å²) in [7, 11) is 0. The van der Waals surface area contributed by atoms with Crippen LogP contribution in [0, 0.1) is 0 Å². The first kappa shape index (κ1) is 10.7. The molecule has 1 N–H and O–H groups in total. The molecule has 2 rings (SSSR count). The van der Waals surface area contributed by atoms with E-state index < -0.39 is 0 Å². The van der Waals surface area contributed by atoms with Crippen LogP contribution in [0.5, 0.6) is 0 Å². The molecule has 0 radical (unpaired) electrons. The number of amides is 1. The van der Waals surface area contributed by atoms with Crippen molar-refractivity contribution in [3.8, 4) is 0 Å². The molecule has 1 amide bonds. The molecule has 1 aliphatic carbocycles. The number of halogens is 2. The van der Waals surface area contributed by atoms with E-state index in [0.717, 1.165) is 12.8 Å². The quantitative estimate of drug-likeness (QED) is 0.814. The van der Waals surface area contributed by atoms with E-state index in [9.17, 15) is 4.79 Å². The van der Waals surface area contributed by atoms with E-state index >= 15 is 0 Å². The first-order chi connectivity index (χ1) is 7.16. The molecule has 0 aliphatic heterocycles. The van der Waals surface area contributed by atoms with Gasteiger partial charge in [-0.05, 0) is 31.4 Å². The zero-order valence-corrected chi connectivity index (χ0v) is 9.48. The second kappa shape index (κ2) is 4.37. The predicted molar refractivity (Wildman–Crippen MR) is 59.4 cm³/mol. The third-order valence-corrected chi connectivity index (χ3v) is 3.00. The van der Waals surface area contributed by atoms with Gasteiger partial charge in [0, 0.05) is 6.04 Å². The highest BCUT2D eigenvalue weighted by Gasteiger charge is 2.21. The molecule has 1 aromatic rings. The van der Waals surface area contributed by atoms with Crippen LogP contribution in [0.2, 0.25) is 10.3 Å². The second-order valence-electron chi connectivity index (χ2n) is 3.57. The van der Waals surface area contributed by atoms with Gasteiger partial charge in [0.05, 0.1) is 5.56 Å². The second-order valence-corrected chi connectivity index (χ2v) is 4.32. The maximum atomic E-state index is 11.7. The average molecular weight is 245 g/mol. The van der Waals surface area contributed by atoms with E-state index in [2.05, 4.69) is 10.3 Å². The molecule has 1 heterocycles. The fourth-order valence-electron chi connectivity index (χ4n) is 1.40. The van der Waals surface area contributed by atoms with Gasteiger partial charge in [-0.3, -0.25) is 4.79 Å². The summed E-state index contributed by atoms with van der Waals surface area (Å²) in [5, 5.41) is 3.33. The minimum Gasteiger partial charge on any atom is -0.349 e. The Labute approximate surface area is 97.8 Å². The van der Waals surface area contributed by atoms with E-state index in [0.29, 0.717) is 16.8 Å². The lowest BCUT2D eigenvalue weighted by Gasteiger charge is -2.26. The lowest BCUT2D eigenvalue weighted by molar-refractivity contribution is 0.0917. The summed E-state index contributed by atoms with van der Waals surface area (Å²) in [5.74, 6) is -0.172. The van der Waals surface area contributed by atoms with Crippen molar-refractivity contribution < 1.29 is 4.79 Å². The van der Waals surface area contributed by atoms with Crippen LogP contribution in [0.3, 0.4) is 0 Å². The molecule has 0 saturated heterocycles. The van der Waals surface area contributed by atoms with Crippen molar-refractivity contribution in [3.63, 3.8) is 0 Å². The number of rotatable bonds is 2. The zero-order valence-electron chi connectivity index (χ0n) is 7.96. The van der Waals surface area contributed by atoms with Crippen molar-refractivity contribution in [1.29, 1.82) is 0 Å². The molecular formula is C10H10Cl2N2O. The van der Waals surface area contributed by atoms with Crippen molar-refractivity contribution >= 4 is 29.1 Å². The molecule has 0 bridgehead atoms. The molecule has 0 aromatic carbocycles. The number of nitrogens with one attached hydrogen (secondary N) is 1. The molecule has 80 valence electrons. The molecule has 1 fully saturated rings. The van der Waals surface area contributed by atoms with Gasteiger partial charge in [-0.15, -0.1) is 0 Å². The predicted octanol–water partition coefficient (Wildman–Crippen LogP) is 2.67. The van der Waals surface area contributed by atoms with Crippen molar-refractivity contribution in [2.75, 3.05) is 0 Å². The number of carbonyl (C=O) groups excluding carboxylic acids is 1. The van der Waals surface area contributed by atoms with Crippen LogP contribution in [0.25, 0.3) is 0 Å². The number of carbonyl (C=O) groups is 1. The van der Waals surface area contributed by atoms with Gasteiger partial charge < -0.3 is 5.32 Å². The lowest BCUT2D eigenvalue weighted by atomic mass is 9.93. The molecule has 15 heavy (non-hydrogen) atoms. The number of hydrogen-bond donors (Lipinski definition) is 1. The SMILES string of the molecule is O=C(NC1CCC1)c1ccc(Cl)nc1Cl. The van der Waals surface area contributed by atoms with E-state index in [1.807, 2.05) is 0 Å². The van der Waals surface area contributed by atoms with Crippen LogP contribution in [0.4, 0.5) is 0 Å². The lowest BCUT2D eigenvalue weighted by Crippen LogP contribution is -2.39. The maximum absolute atomic E-state index is 11.7. The molecule has 0 unspecified atom stereocenters. The summed E-state index contributed by atoms with van der Waals surface area (Å²) < 4.78 is 0. The van der Waals surface area contributed by atoms with Crippen LogP contribution >= 0.6 is 23.2 Å². The Hall–Kier alpha value is -0.800. The summed E-state index contributed by atoms with van der Waals surface area (Å²) in [6, 6.07) is 3.44. The minimum atomic E-state index is -0.172. The normalized spacial score (nSPS) is 15.9. The monoisotopic (exact) mass is 244 g/mol. The van der Waals surface area contributed by atoms with Crippen LogP contribution < -0.4 is 5.32 Å². The van der Waals surface area contributed by atoms with E-state index in [-0.39, 0.29) is 11.1 Å². The van der Waals surface area contributed by atoms with E-state index in [4.69, 9.17) is 23.2 Å². The number of aromatic nitrogens is 1. The Morgan fingerprint density at radius 1 is 1.40 bits per heavy atom. The first-order valence-corrected chi connectivity index (χ1v) is 5.55. The maximum Gasteiger partial charge on any atom is 0.254 e. The third-order valence-electron chi connectivity index (χ3n) is 2.50. The van der Waals surface area contributed by atoms with Crippen LogP contribution in [0.1, 0.15) is 29.6 Å². The average Bonchev–Trinajstić information content (AvgIpc) is 2.11. The fraction of sp³-hybridized carbons (Fsp3) is 0.400. The van der Waals surface area contributed by atoms with Crippen molar-refractivity contribution in [3.05, 3.63) is 28.0 Å². The summed E-state index contributed by atoms with van der Waals surface area (Å²) in [6.45, 7) is 0. The molecule has 1 aliphatic rings. The highest BCUT2D eigenvalue weighted by atomic mass is 35.5. The highest BCUT2D eigenvalue weighted by Crippen LogP contribution is 2.20. The van der Waals surface area contributed by atoms with Gasteiger partial charge in [0.15, 0.2) is 0 Å². The molecule has 0 atom stereocenters. The molecule has 3 nitrogen and oxygen atoms in total. The fourth-order valence-corrected chi connectivity index (χ4v) is 1.83. The highest BCUT2D eigenvalue weighted by molar-refractivity contribution is 6.34. The molecule has 1 saturated carbocycles. The van der Waals surface area contributed by atoms with Gasteiger partial charge in [-0.1, -0.05) is 23.2 Å². The largest absolute Gasteiger partial charge is 0.349 e. The number of hydrogen-bond acceptors (Lipinski definition) is 2. The smallest absolute Gasteiger partial charge is 0.254 e. The van der Waals surface area contributed by atoms with Gasteiger partial charge >= 0.3 is 0 Å². The molecule has 1 aromatic heterocycles. The number of pyridine rings is 1. The Kier molecular flexibility index (Phi) is 3.12. The minimum absolute atomic E-state index is 0.152. The Morgan fingerprint density at radius 3 is 2.67 bits per heavy atom. The molecule has 5 heteroatoms. The summed E-state index contributed by atoms with van der Waals surface area (Å²) in [5.41, 5.74) is 0.382. The Bertz CT molecular complexity index is 391. The van der Waals surface area contributed by atoms with Crippen molar-refractivity contribution in [1.82, 2.24) is 10.3 Å². The van der Waals surface area contributed by atoms with Gasteiger partial charge in [0.1, 0.15) is 10.3 Å². The van der Waals surface area contributed by atoms with Crippen molar-refractivity contribution in [2.24, 2.45) is 0 Å². The third kappa shape index (κ3) is 2.41. The summed E-state index contributed by atoms with van der Waals surface area (Å²) in [4.78, 5) is 15.5.